The van der Waals surface area contributed by atoms with E-state index in [1.165, 1.54) is 13.2 Å². The summed E-state index contributed by atoms with van der Waals surface area (Å²) in [7, 11) is 6.82. The highest BCUT2D eigenvalue weighted by Crippen LogP contribution is 2.30. The first kappa shape index (κ1) is 28.4. The molecule has 1 fully saturated rings. The molecule has 222 valence electrons. The van der Waals surface area contributed by atoms with E-state index in [1.807, 2.05) is 48.5 Å². The van der Waals surface area contributed by atoms with Crippen LogP contribution < -0.4 is 10.1 Å². The molecule has 2 amide bonds. The number of nitrogens with zero attached hydrogens (tertiary/aromatic N) is 5. The van der Waals surface area contributed by atoms with Crippen LogP contribution in [0.5, 0.6) is 5.75 Å². The molecule has 1 aliphatic rings. The van der Waals surface area contributed by atoms with E-state index in [1.54, 1.807) is 41.9 Å². The lowest BCUT2D eigenvalue weighted by Gasteiger charge is -2.40. The predicted octanol–water partition coefficient (Wildman–Crippen LogP) is 4.12. The summed E-state index contributed by atoms with van der Waals surface area (Å²) < 4.78 is 22.0. The van der Waals surface area contributed by atoms with Crippen molar-refractivity contribution < 1.29 is 18.7 Å². The lowest BCUT2D eigenvalue weighted by atomic mass is 9.95. The Balaban J connectivity index is 1.23. The molecule has 0 saturated carbocycles. The van der Waals surface area contributed by atoms with Crippen LogP contribution in [0.15, 0.2) is 60.8 Å². The molecular weight excluding hydrogens is 549 g/mol. The van der Waals surface area contributed by atoms with Gasteiger partial charge >= 0.3 is 0 Å². The van der Waals surface area contributed by atoms with Crippen molar-refractivity contribution in [3.63, 3.8) is 0 Å². The summed E-state index contributed by atoms with van der Waals surface area (Å²) >= 11 is 0. The van der Waals surface area contributed by atoms with Crippen molar-refractivity contribution in [1.29, 1.82) is 0 Å². The number of fused-ring (bicyclic) bond motifs is 2. The molecule has 1 saturated heterocycles. The average molecular weight is 584 g/mol. The molecule has 5 aromatic rings. The summed E-state index contributed by atoms with van der Waals surface area (Å²) in [6.07, 6.45) is 3.10. The minimum atomic E-state index is -0.436. The Hall–Kier alpha value is -4.77. The molecule has 10 nitrogen and oxygen atoms in total. The molecule has 11 heteroatoms. The maximum absolute atomic E-state index is 14.9. The van der Waals surface area contributed by atoms with Crippen molar-refractivity contribution in [2.24, 2.45) is 7.05 Å². The number of benzene rings is 3. The predicted molar refractivity (Wildman–Crippen MR) is 162 cm³/mol. The van der Waals surface area contributed by atoms with E-state index in [0.29, 0.717) is 36.3 Å². The van der Waals surface area contributed by atoms with Crippen LogP contribution in [0.2, 0.25) is 0 Å². The fraction of sp³-hybridized carbons (Fsp3) is 0.312. The smallest absolute Gasteiger partial charge is 0.251 e. The third kappa shape index (κ3) is 5.55. The van der Waals surface area contributed by atoms with Gasteiger partial charge in [0.15, 0.2) is 0 Å². The van der Waals surface area contributed by atoms with E-state index in [4.69, 9.17) is 4.74 Å². The number of hydrogen-bond donors (Lipinski definition) is 2. The molecule has 43 heavy (non-hydrogen) atoms. The molecule has 0 aliphatic carbocycles. The fourth-order valence-corrected chi connectivity index (χ4v) is 5.94. The van der Waals surface area contributed by atoms with Gasteiger partial charge in [-0.3, -0.25) is 24.3 Å². The van der Waals surface area contributed by atoms with E-state index >= 15 is 0 Å². The third-order valence-electron chi connectivity index (χ3n) is 8.12. The van der Waals surface area contributed by atoms with E-state index in [-0.39, 0.29) is 24.4 Å². The van der Waals surface area contributed by atoms with Gasteiger partial charge < -0.3 is 15.0 Å². The van der Waals surface area contributed by atoms with E-state index in [0.717, 1.165) is 33.1 Å². The highest BCUT2D eigenvalue weighted by atomic mass is 19.1. The number of aryl methyl sites for hydroxylation is 1. The zero-order chi connectivity index (χ0) is 30.2. The molecular formula is C32H34FN7O3. The number of aromatic amines is 1. The summed E-state index contributed by atoms with van der Waals surface area (Å²) in [5, 5.41) is 17.0. The van der Waals surface area contributed by atoms with Gasteiger partial charge in [0.1, 0.15) is 11.6 Å². The number of methoxy groups -OCH3 is 1. The minimum absolute atomic E-state index is 0.0532. The van der Waals surface area contributed by atoms with Crippen molar-refractivity contribution in [3.05, 3.63) is 77.7 Å². The molecule has 0 bridgehead atoms. The molecule has 2 atom stereocenters. The van der Waals surface area contributed by atoms with Crippen LogP contribution in [0.25, 0.3) is 33.1 Å². The fourth-order valence-electron chi connectivity index (χ4n) is 5.94. The second-order valence-corrected chi connectivity index (χ2v) is 11.3. The maximum Gasteiger partial charge on any atom is 0.251 e. The van der Waals surface area contributed by atoms with Gasteiger partial charge in [-0.2, -0.15) is 10.2 Å². The Morgan fingerprint density at radius 2 is 1.98 bits per heavy atom. The molecule has 0 spiro atoms. The molecule has 2 N–H and O–H groups in total. The van der Waals surface area contributed by atoms with Crippen molar-refractivity contribution in [1.82, 2.24) is 35.1 Å². The number of nitrogens with one attached hydrogen (secondary N) is 2. The molecule has 0 radical (unpaired) electrons. The Bertz CT molecular complexity index is 1830. The van der Waals surface area contributed by atoms with Crippen LogP contribution in [-0.4, -0.2) is 81.4 Å². The van der Waals surface area contributed by atoms with E-state index in [9.17, 15) is 14.0 Å². The van der Waals surface area contributed by atoms with Gasteiger partial charge in [0.2, 0.25) is 5.91 Å². The number of aromatic nitrogens is 4. The number of piperidine rings is 1. The Morgan fingerprint density at radius 3 is 2.77 bits per heavy atom. The van der Waals surface area contributed by atoms with Crippen LogP contribution in [0.4, 0.5) is 4.39 Å². The zero-order valence-electron chi connectivity index (χ0n) is 24.6. The molecule has 0 unspecified atom stereocenters. The van der Waals surface area contributed by atoms with Gasteiger partial charge in [0.25, 0.3) is 5.91 Å². The zero-order valence-corrected chi connectivity index (χ0v) is 24.6. The molecule has 1 aliphatic heterocycles. The molecule has 6 rings (SSSR count). The van der Waals surface area contributed by atoms with Crippen molar-refractivity contribution in [3.8, 4) is 17.0 Å². The summed E-state index contributed by atoms with van der Waals surface area (Å²) in [5.74, 6) is -0.243. The second kappa shape index (κ2) is 11.5. The summed E-state index contributed by atoms with van der Waals surface area (Å²) in [5.41, 5.74) is 4.29. The highest BCUT2D eigenvalue weighted by Gasteiger charge is 2.35. The Kier molecular flexibility index (Phi) is 7.57. The summed E-state index contributed by atoms with van der Waals surface area (Å²) in [4.78, 5) is 30.1. The second-order valence-electron chi connectivity index (χ2n) is 11.3. The Morgan fingerprint density at radius 1 is 1.14 bits per heavy atom. The quantitative estimate of drug-likeness (QED) is 0.299. The number of amides is 2. The normalized spacial score (nSPS) is 17.3. The first-order valence-electron chi connectivity index (χ1n) is 14.2. The molecule has 3 aromatic carbocycles. The largest absolute Gasteiger partial charge is 0.496 e. The summed E-state index contributed by atoms with van der Waals surface area (Å²) in [6, 6.07) is 15.5. The monoisotopic (exact) mass is 583 g/mol. The van der Waals surface area contributed by atoms with Crippen LogP contribution in [0, 0.1) is 5.82 Å². The maximum atomic E-state index is 14.9. The van der Waals surface area contributed by atoms with Crippen LogP contribution in [0.3, 0.4) is 0 Å². The van der Waals surface area contributed by atoms with Crippen molar-refractivity contribution in [2.75, 3.05) is 27.7 Å². The van der Waals surface area contributed by atoms with Crippen molar-refractivity contribution >= 4 is 33.6 Å². The van der Waals surface area contributed by atoms with E-state index in [2.05, 4.69) is 20.6 Å². The standard InChI is InChI=1S/C32H34FN7O3/c1-38(2)32(42)28-13-10-22(17-40(28)18-24-25(33)6-5-7-29(24)43-4)34-31(41)20-9-12-27-23(15-20)30(36-35-27)19-8-11-26-21(14-19)16-39(3)37-26/h5-9,11-12,14-16,22,28H,10,13,17-18H2,1-4H3,(H,34,41)(H,35,36)/t22-,28+/m1/s1. The number of carbonyl (C=O) groups excluding carboxylic acids is 2. The number of likely N-dealkylation sites (tertiary alicyclic amines) is 1. The van der Waals surface area contributed by atoms with Crippen LogP contribution >= 0.6 is 0 Å². The Labute approximate surface area is 248 Å². The van der Waals surface area contributed by atoms with Gasteiger partial charge in [-0.25, -0.2) is 4.39 Å². The number of rotatable bonds is 7. The highest BCUT2D eigenvalue weighted by molar-refractivity contribution is 6.02. The topological polar surface area (TPSA) is 108 Å². The van der Waals surface area contributed by atoms with Gasteiger partial charge in [-0.1, -0.05) is 12.1 Å². The minimum Gasteiger partial charge on any atom is -0.496 e. The number of ether oxygens (including phenoxy) is 1. The van der Waals surface area contributed by atoms with Gasteiger partial charge in [0, 0.05) is 73.9 Å². The summed E-state index contributed by atoms with van der Waals surface area (Å²) in [6.45, 7) is 0.565. The number of halogens is 1. The van der Waals surface area contributed by atoms with E-state index < -0.39 is 11.9 Å². The SMILES string of the molecule is COc1cccc(F)c1CN1C[C@H](NC(=O)c2ccc3[nH]nc(-c4ccc5nn(C)cc5c4)c3c2)CC[C@H]1C(=O)N(C)C. The first-order valence-corrected chi connectivity index (χ1v) is 14.2. The third-order valence-corrected chi connectivity index (χ3v) is 8.12. The number of carbonyl (C=O) groups is 2. The lowest BCUT2D eigenvalue weighted by Crippen LogP contribution is -2.56. The van der Waals surface area contributed by atoms with Gasteiger partial charge in [0.05, 0.1) is 29.9 Å². The number of hydrogen-bond acceptors (Lipinski definition) is 6. The van der Waals surface area contributed by atoms with Crippen molar-refractivity contribution in [2.45, 2.75) is 31.5 Å². The van der Waals surface area contributed by atoms with Crippen LogP contribution in [-0.2, 0) is 18.4 Å². The lowest BCUT2D eigenvalue weighted by molar-refractivity contribution is -0.136. The van der Waals surface area contributed by atoms with Gasteiger partial charge in [-0.15, -0.1) is 0 Å². The molecule has 3 heterocycles. The average Bonchev–Trinajstić information content (AvgIpc) is 3.59. The van der Waals surface area contributed by atoms with Gasteiger partial charge in [-0.05, 0) is 55.3 Å². The van der Waals surface area contributed by atoms with Crippen LogP contribution in [0.1, 0.15) is 28.8 Å². The number of likely N-dealkylation sites (N-methyl/N-ethyl adjacent to an activating group) is 1. The number of H-pyrrole nitrogens is 1. The molecule has 2 aromatic heterocycles. The first-order chi connectivity index (χ1) is 20.7.